The number of carbonyl (C=O) groups is 3. The van der Waals surface area contributed by atoms with Crippen LogP contribution in [0.4, 0.5) is 0 Å². The molecule has 480 valence electrons. The number of esters is 3. The van der Waals surface area contributed by atoms with Crippen LogP contribution in [0.15, 0.2) is 85.1 Å². The van der Waals surface area contributed by atoms with Gasteiger partial charge in [-0.05, 0) is 89.9 Å². The highest BCUT2D eigenvalue weighted by atomic mass is 16.6. The Kier molecular flexibility index (Phi) is 68.2. The summed E-state index contributed by atoms with van der Waals surface area (Å²) in [5, 5.41) is 0. The number of carbonyl (C=O) groups excluding carboxylic acids is 3. The van der Waals surface area contributed by atoms with Gasteiger partial charge in [-0.1, -0.05) is 343 Å². The fourth-order valence-corrected chi connectivity index (χ4v) is 10.5. The molecule has 0 rings (SSSR count). The van der Waals surface area contributed by atoms with Crippen molar-refractivity contribution in [3.05, 3.63) is 85.1 Å². The second kappa shape index (κ2) is 71.1. The molecule has 0 amide bonds. The molecule has 0 radical (unpaired) electrons. The van der Waals surface area contributed by atoms with Crippen molar-refractivity contribution in [3.8, 4) is 0 Å². The van der Waals surface area contributed by atoms with Crippen LogP contribution in [0.5, 0.6) is 0 Å². The lowest BCUT2D eigenvalue weighted by Gasteiger charge is -2.18. The highest BCUT2D eigenvalue weighted by Gasteiger charge is 2.19. The van der Waals surface area contributed by atoms with Crippen LogP contribution in [0.1, 0.15) is 367 Å². The molecule has 0 heterocycles. The Bertz CT molecular complexity index is 1570. The zero-order chi connectivity index (χ0) is 59.9. The molecule has 0 aliphatic heterocycles. The van der Waals surface area contributed by atoms with E-state index in [1.165, 1.54) is 231 Å². The minimum Gasteiger partial charge on any atom is -0.462 e. The van der Waals surface area contributed by atoms with Crippen LogP contribution in [0.25, 0.3) is 0 Å². The summed E-state index contributed by atoms with van der Waals surface area (Å²) in [4.78, 5) is 38.4. The number of allylic oxidation sites excluding steroid dienone is 14. The van der Waals surface area contributed by atoms with Crippen LogP contribution in [0.2, 0.25) is 0 Å². The van der Waals surface area contributed by atoms with E-state index in [9.17, 15) is 14.4 Å². The average molecular weight is 1160 g/mol. The summed E-state index contributed by atoms with van der Waals surface area (Å²) < 4.78 is 16.9. The Morgan fingerprint density at radius 2 is 0.482 bits per heavy atom. The molecule has 83 heavy (non-hydrogen) atoms. The van der Waals surface area contributed by atoms with Gasteiger partial charge < -0.3 is 14.2 Å². The van der Waals surface area contributed by atoms with E-state index in [2.05, 4.69) is 106 Å². The maximum absolute atomic E-state index is 12.9. The summed E-state index contributed by atoms with van der Waals surface area (Å²) >= 11 is 0. The molecule has 0 aromatic rings. The van der Waals surface area contributed by atoms with Gasteiger partial charge in [0.1, 0.15) is 13.2 Å². The molecule has 0 aliphatic carbocycles. The number of unbranched alkanes of at least 4 members (excludes halogenated alkanes) is 41. The van der Waals surface area contributed by atoms with Gasteiger partial charge in [0, 0.05) is 19.3 Å². The summed E-state index contributed by atoms with van der Waals surface area (Å²) in [7, 11) is 0. The van der Waals surface area contributed by atoms with E-state index >= 15 is 0 Å². The van der Waals surface area contributed by atoms with E-state index in [-0.39, 0.29) is 37.5 Å². The molecule has 6 nitrogen and oxygen atoms in total. The van der Waals surface area contributed by atoms with Crippen LogP contribution in [0.3, 0.4) is 0 Å². The van der Waals surface area contributed by atoms with Gasteiger partial charge >= 0.3 is 17.9 Å². The van der Waals surface area contributed by atoms with Crippen LogP contribution in [0, 0.1) is 0 Å². The lowest BCUT2D eigenvalue weighted by Crippen LogP contribution is -2.30. The zero-order valence-corrected chi connectivity index (χ0v) is 55.2. The first kappa shape index (κ1) is 79.6. The Balaban J connectivity index is 4.28. The highest BCUT2D eigenvalue weighted by Crippen LogP contribution is 2.18. The molecule has 1 atom stereocenters. The predicted molar refractivity (Wildman–Crippen MR) is 362 cm³/mol. The number of ether oxygens (including phenoxy) is 3. The van der Waals surface area contributed by atoms with Crippen LogP contribution in [-0.2, 0) is 28.6 Å². The number of rotatable bonds is 66. The third kappa shape index (κ3) is 69.3. The first-order valence-electron chi connectivity index (χ1n) is 36.1. The van der Waals surface area contributed by atoms with E-state index in [1.54, 1.807) is 0 Å². The highest BCUT2D eigenvalue weighted by molar-refractivity contribution is 5.71. The van der Waals surface area contributed by atoms with Gasteiger partial charge in [-0.15, -0.1) is 0 Å². The topological polar surface area (TPSA) is 78.9 Å². The molecule has 0 spiro atoms. The maximum Gasteiger partial charge on any atom is 0.306 e. The number of hydrogen-bond acceptors (Lipinski definition) is 6. The standard InChI is InChI=1S/C77H136O6/c1-4-7-10-13-16-19-22-25-28-31-33-34-35-36-37-38-39-40-41-42-43-44-47-49-52-55-58-61-64-67-70-76(79)82-73-74(72-81-75(78)69-66-63-60-57-54-51-48-45-30-27-24-21-18-15-12-9-6-3)83-77(80)71-68-65-62-59-56-53-50-46-32-29-26-23-20-17-14-11-8-5-2/h9,12,18,20-21,23,27,29-30,32,48,51,57,60,74H,4-8,10-11,13-17,19,22,24-26,28,31,33-47,49-50,52-56,58-59,61-73H2,1-3H3/b12-9-,21-18-,23-20-,30-27-,32-29-,51-48-,60-57-. The summed E-state index contributed by atoms with van der Waals surface area (Å²) in [6.45, 7) is 6.51. The summed E-state index contributed by atoms with van der Waals surface area (Å²) in [5.41, 5.74) is 0. The third-order valence-corrected chi connectivity index (χ3v) is 15.9. The average Bonchev–Trinajstić information content (AvgIpc) is 3.49. The third-order valence-electron chi connectivity index (χ3n) is 15.9. The monoisotopic (exact) mass is 1160 g/mol. The predicted octanol–water partition coefficient (Wildman–Crippen LogP) is 25.0. The molecule has 0 aromatic carbocycles. The minimum atomic E-state index is -0.805. The Morgan fingerprint density at radius 1 is 0.253 bits per heavy atom. The second-order valence-electron chi connectivity index (χ2n) is 24.1. The molecular formula is C77H136O6. The fraction of sp³-hybridized carbons (Fsp3) is 0.779. The van der Waals surface area contributed by atoms with Gasteiger partial charge in [0.15, 0.2) is 6.10 Å². The number of hydrogen-bond donors (Lipinski definition) is 0. The normalized spacial score (nSPS) is 12.6. The van der Waals surface area contributed by atoms with Gasteiger partial charge in [-0.25, -0.2) is 0 Å². The molecule has 0 fully saturated rings. The largest absolute Gasteiger partial charge is 0.462 e. The van der Waals surface area contributed by atoms with Crippen molar-refractivity contribution in [1.29, 1.82) is 0 Å². The molecule has 0 bridgehead atoms. The summed E-state index contributed by atoms with van der Waals surface area (Å²) in [6.07, 6.45) is 94.9. The van der Waals surface area contributed by atoms with Crippen LogP contribution >= 0.6 is 0 Å². The van der Waals surface area contributed by atoms with Crippen LogP contribution < -0.4 is 0 Å². The molecule has 6 heteroatoms. The molecule has 0 N–H and O–H groups in total. The van der Waals surface area contributed by atoms with Crippen LogP contribution in [-0.4, -0.2) is 37.2 Å². The lowest BCUT2D eigenvalue weighted by molar-refractivity contribution is -0.167. The van der Waals surface area contributed by atoms with E-state index in [4.69, 9.17) is 14.2 Å². The van der Waals surface area contributed by atoms with Gasteiger partial charge in [0.2, 0.25) is 0 Å². The van der Waals surface area contributed by atoms with Crippen molar-refractivity contribution >= 4 is 17.9 Å². The van der Waals surface area contributed by atoms with E-state index in [0.29, 0.717) is 19.3 Å². The van der Waals surface area contributed by atoms with Gasteiger partial charge in [0.25, 0.3) is 0 Å². The smallest absolute Gasteiger partial charge is 0.306 e. The molecule has 0 aromatic heterocycles. The van der Waals surface area contributed by atoms with E-state index in [0.717, 1.165) is 89.9 Å². The minimum absolute atomic E-state index is 0.0948. The van der Waals surface area contributed by atoms with Crippen molar-refractivity contribution in [2.45, 2.75) is 374 Å². The Morgan fingerprint density at radius 3 is 0.795 bits per heavy atom. The van der Waals surface area contributed by atoms with E-state index < -0.39 is 6.10 Å². The summed E-state index contributed by atoms with van der Waals surface area (Å²) in [5.74, 6) is -0.946. The summed E-state index contributed by atoms with van der Waals surface area (Å²) in [6, 6.07) is 0. The SMILES string of the molecule is CC/C=C\C/C=C\C/C=C\C/C=C\C/C=C\CCCC(=O)OCC(COC(=O)CCCCCCCCCCCCCCCCCCCCCCCCCCCCCCCC)OC(=O)CCCCCCCCC/C=C\C/C=C\CCCCCC. The molecule has 0 saturated carbocycles. The molecule has 0 saturated heterocycles. The molecular weight excluding hydrogens is 1020 g/mol. The Labute approximate surface area is 515 Å². The van der Waals surface area contributed by atoms with Crippen molar-refractivity contribution in [2.24, 2.45) is 0 Å². The second-order valence-corrected chi connectivity index (χ2v) is 24.1. The van der Waals surface area contributed by atoms with Crippen molar-refractivity contribution in [2.75, 3.05) is 13.2 Å². The molecule has 0 aliphatic rings. The first-order valence-corrected chi connectivity index (χ1v) is 36.1. The van der Waals surface area contributed by atoms with Gasteiger partial charge in [-0.2, -0.15) is 0 Å². The van der Waals surface area contributed by atoms with Crippen molar-refractivity contribution in [1.82, 2.24) is 0 Å². The first-order chi connectivity index (χ1) is 41.0. The lowest BCUT2D eigenvalue weighted by atomic mass is 10.0. The zero-order valence-electron chi connectivity index (χ0n) is 55.2. The fourth-order valence-electron chi connectivity index (χ4n) is 10.5. The maximum atomic E-state index is 12.9. The van der Waals surface area contributed by atoms with Gasteiger partial charge in [-0.3, -0.25) is 14.4 Å². The van der Waals surface area contributed by atoms with Crippen molar-refractivity contribution in [3.63, 3.8) is 0 Å². The quantitative estimate of drug-likeness (QED) is 0.0261. The van der Waals surface area contributed by atoms with E-state index in [1.807, 2.05) is 0 Å². The Hall–Kier alpha value is -3.41. The molecule has 1 unspecified atom stereocenters. The van der Waals surface area contributed by atoms with Gasteiger partial charge in [0.05, 0.1) is 0 Å². The van der Waals surface area contributed by atoms with Crippen molar-refractivity contribution < 1.29 is 28.6 Å².